The maximum absolute atomic E-state index is 9.77. The van der Waals surface area contributed by atoms with E-state index in [0.29, 0.717) is 17.9 Å². The number of rotatable bonds is 5. The minimum absolute atomic E-state index is 0. The van der Waals surface area contributed by atoms with E-state index in [0.717, 1.165) is 0 Å². The van der Waals surface area contributed by atoms with Crippen LogP contribution in [0.5, 0.6) is 5.75 Å². The van der Waals surface area contributed by atoms with E-state index in [1.165, 1.54) is 0 Å². The Balaban J connectivity index is 0.00000324. The van der Waals surface area contributed by atoms with Gasteiger partial charge in [-0.2, -0.15) is 5.26 Å². The Bertz CT molecular complexity index is 424. The van der Waals surface area contributed by atoms with Gasteiger partial charge in [0.05, 0.1) is 5.56 Å². The first-order valence-electron chi connectivity index (χ1n) is 5.97. The van der Waals surface area contributed by atoms with Crippen molar-refractivity contribution in [2.45, 2.75) is 32.4 Å². The highest BCUT2D eigenvalue weighted by Crippen LogP contribution is 2.16. The quantitative estimate of drug-likeness (QED) is 0.869. The molecule has 0 aliphatic heterocycles. The van der Waals surface area contributed by atoms with Crippen molar-refractivity contribution in [2.24, 2.45) is 0 Å². The number of aliphatic hydroxyl groups excluding tert-OH is 1. The molecule has 0 bridgehead atoms. The number of halogens is 1. The van der Waals surface area contributed by atoms with Gasteiger partial charge < -0.3 is 15.2 Å². The van der Waals surface area contributed by atoms with Gasteiger partial charge >= 0.3 is 0 Å². The lowest BCUT2D eigenvalue weighted by Crippen LogP contribution is -2.42. The topological polar surface area (TPSA) is 65.3 Å². The van der Waals surface area contributed by atoms with Crippen molar-refractivity contribution in [1.29, 1.82) is 5.26 Å². The summed E-state index contributed by atoms with van der Waals surface area (Å²) in [6.45, 7) is 6.72. The summed E-state index contributed by atoms with van der Waals surface area (Å²) in [5.41, 5.74) is 0.444. The van der Waals surface area contributed by atoms with Gasteiger partial charge in [-0.3, -0.25) is 0 Å². The summed E-state index contributed by atoms with van der Waals surface area (Å²) >= 11 is 0. The summed E-state index contributed by atoms with van der Waals surface area (Å²) in [5, 5.41) is 21.8. The predicted octanol–water partition coefficient (Wildman–Crippen LogP) is 2.11. The van der Waals surface area contributed by atoms with Crippen molar-refractivity contribution in [3.63, 3.8) is 0 Å². The van der Waals surface area contributed by atoms with Gasteiger partial charge in [-0.05, 0) is 32.9 Å². The highest BCUT2D eigenvalue weighted by molar-refractivity contribution is 5.85. The molecular weight excluding hydrogens is 264 g/mol. The summed E-state index contributed by atoms with van der Waals surface area (Å²) in [5.74, 6) is 0.509. The molecule has 106 valence electrons. The molecule has 0 radical (unpaired) electrons. The molecule has 0 fully saturated rings. The third-order valence-electron chi connectivity index (χ3n) is 2.31. The van der Waals surface area contributed by atoms with Crippen molar-refractivity contribution < 1.29 is 9.84 Å². The zero-order valence-corrected chi connectivity index (χ0v) is 12.3. The normalized spacial score (nSPS) is 12.2. The molecule has 0 heterocycles. The van der Waals surface area contributed by atoms with Gasteiger partial charge in [0.25, 0.3) is 0 Å². The molecule has 1 aromatic carbocycles. The number of aliphatic hydroxyl groups is 1. The number of nitrogens with one attached hydrogen (secondary N) is 1. The molecule has 1 aromatic rings. The number of ether oxygens (including phenoxy) is 1. The van der Waals surface area contributed by atoms with Crippen LogP contribution in [0.15, 0.2) is 24.3 Å². The number of nitrogens with zero attached hydrogens (tertiary/aromatic N) is 1. The van der Waals surface area contributed by atoms with E-state index >= 15 is 0 Å². The third-order valence-corrected chi connectivity index (χ3v) is 2.31. The van der Waals surface area contributed by atoms with Crippen LogP contribution in [0.4, 0.5) is 0 Å². The van der Waals surface area contributed by atoms with E-state index < -0.39 is 6.10 Å². The second-order valence-corrected chi connectivity index (χ2v) is 5.20. The number of para-hydroxylation sites is 1. The molecule has 19 heavy (non-hydrogen) atoms. The van der Waals surface area contributed by atoms with Crippen LogP contribution in [0.1, 0.15) is 26.3 Å². The van der Waals surface area contributed by atoms with E-state index in [1.54, 1.807) is 24.3 Å². The number of nitriles is 1. The Labute approximate surface area is 120 Å². The smallest absolute Gasteiger partial charge is 0.137 e. The van der Waals surface area contributed by atoms with E-state index in [2.05, 4.69) is 11.4 Å². The minimum Gasteiger partial charge on any atom is -0.489 e. The molecule has 0 aromatic heterocycles. The minimum atomic E-state index is -0.601. The lowest BCUT2D eigenvalue weighted by Gasteiger charge is -2.23. The molecule has 0 aliphatic carbocycles. The number of hydrogen-bond acceptors (Lipinski definition) is 4. The standard InChI is InChI=1S/C14H20N2O2.ClH/c1-14(2,3)16-9-12(17)10-18-13-7-5-4-6-11(13)8-15;/h4-7,12,16-17H,9-10H2,1-3H3;1H/t12-;/m1./s1. The second kappa shape index (κ2) is 8.00. The van der Waals surface area contributed by atoms with Crippen molar-refractivity contribution >= 4 is 12.4 Å². The average molecular weight is 285 g/mol. The highest BCUT2D eigenvalue weighted by atomic mass is 35.5. The van der Waals surface area contributed by atoms with Gasteiger partial charge in [0.1, 0.15) is 24.5 Å². The van der Waals surface area contributed by atoms with E-state index in [9.17, 15) is 5.11 Å². The van der Waals surface area contributed by atoms with Crippen molar-refractivity contribution in [1.82, 2.24) is 5.32 Å². The maximum Gasteiger partial charge on any atom is 0.137 e. The zero-order valence-electron chi connectivity index (χ0n) is 11.5. The summed E-state index contributed by atoms with van der Waals surface area (Å²) in [6.07, 6.45) is -0.601. The first-order valence-corrected chi connectivity index (χ1v) is 5.97. The van der Waals surface area contributed by atoms with Gasteiger partial charge in [-0.1, -0.05) is 12.1 Å². The first kappa shape index (κ1) is 17.7. The van der Waals surface area contributed by atoms with E-state index in [1.807, 2.05) is 20.8 Å². The van der Waals surface area contributed by atoms with Gasteiger partial charge in [-0.15, -0.1) is 12.4 Å². The Hall–Kier alpha value is -1.28. The summed E-state index contributed by atoms with van der Waals surface area (Å²) in [6, 6.07) is 9.05. The molecule has 0 aliphatic rings. The molecule has 1 rings (SSSR count). The van der Waals surface area contributed by atoms with Crippen LogP contribution in [0.3, 0.4) is 0 Å². The monoisotopic (exact) mass is 284 g/mol. The number of benzene rings is 1. The van der Waals surface area contributed by atoms with Crippen molar-refractivity contribution in [3.05, 3.63) is 29.8 Å². The Morgan fingerprint density at radius 2 is 2.00 bits per heavy atom. The molecule has 0 saturated heterocycles. The van der Waals surface area contributed by atoms with Gasteiger partial charge in [0.2, 0.25) is 0 Å². The third kappa shape index (κ3) is 7.02. The summed E-state index contributed by atoms with van der Waals surface area (Å²) < 4.78 is 5.44. The van der Waals surface area contributed by atoms with Crippen LogP contribution in [0, 0.1) is 11.3 Å². The highest BCUT2D eigenvalue weighted by Gasteiger charge is 2.13. The van der Waals surface area contributed by atoms with Crippen LogP contribution < -0.4 is 10.1 Å². The first-order chi connectivity index (χ1) is 8.42. The lowest BCUT2D eigenvalue weighted by molar-refractivity contribution is 0.0999. The fourth-order valence-corrected chi connectivity index (χ4v) is 1.35. The fourth-order valence-electron chi connectivity index (χ4n) is 1.35. The molecule has 0 unspecified atom stereocenters. The van der Waals surface area contributed by atoms with Crippen molar-refractivity contribution in [2.75, 3.05) is 13.2 Å². The molecular formula is C14H21ClN2O2. The van der Waals surface area contributed by atoms with Gasteiger partial charge in [-0.25, -0.2) is 0 Å². The van der Waals surface area contributed by atoms with Gasteiger partial charge in [0.15, 0.2) is 0 Å². The molecule has 0 amide bonds. The average Bonchev–Trinajstić information content (AvgIpc) is 2.33. The lowest BCUT2D eigenvalue weighted by atomic mass is 10.1. The van der Waals surface area contributed by atoms with E-state index in [4.69, 9.17) is 10.00 Å². The molecule has 0 spiro atoms. The molecule has 1 atom stereocenters. The molecule has 5 heteroatoms. The summed E-state index contributed by atoms with van der Waals surface area (Å²) in [4.78, 5) is 0. The second-order valence-electron chi connectivity index (χ2n) is 5.20. The maximum atomic E-state index is 9.77. The predicted molar refractivity (Wildman–Crippen MR) is 77.7 cm³/mol. The zero-order chi connectivity index (χ0) is 13.6. The fraction of sp³-hybridized carbons (Fsp3) is 0.500. The van der Waals surface area contributed by atoms with Gasteiger partial charge in [0, 0.05) is 12.1 Å². The van der Waals surface area contributed by atoms with Crippen LogP contribution in [-0.2, 0) is 0 Å². The Morgan fingerprint density at radius 1 is 1.37 bits per heavy atom. The molecule has 0 saturated carbocycles. The Morgan fingerprint density at radius 3 is 2.58 bits per heavy atom. The van der Waals surface area contributed by atoms with Crippen LogP contribution >= 0.6 is 12.4 Å². The van der Waals surface area contributed by atoms with Crippen LogP contribution in [-0.4, -0.2) is 29.9 Å². The molecule has 2 N–H and O–H groups in total. The van der Waals surface area contributed by atoms with Crippen LogP contribution in [0.2, 0.25) is 0 Å². The van der Waals surface area contributed by atoms with Crippen molar-refractivity contribution in [3.8, 4) is 11.8 Å². The number of hydrogen-bond donors (Lipinski definition) is 2. The number of β-amino-alcohol motifs (C(OH)–C–C–N with tert-alkyl or cyclic N) is 1. The SMILES string of the molecule is CC(C)(C)NC[C@@H](O)COc1ccccc1C#N.Cl. The Kier molecular flexibility index (Phi) is 7.47. The summed E-state index contributed by atoms with van der Waals surface area (Å²) in [7, 11) is 0. The van der Waals surface area contributed by atoms with Crippen LogP contribution in [0.25, 0.3) is 0 Å². The van der Waals surface area contributed by atoms with E-state index in [-0.39, 0.29) is 24.6 Å². The largest absolute Gasteiger partial charge is 0.489 e. The molecule has 4 nitrogen and oxygen atoms in total.